The highest BCUT2D eigenvalue weighted by atomic mass is 16.7. The first-order valence-corrected chi connectivity index (χ1v) is 3.18. The zero-order chi connectivity index (χ0) is 6.95. The highest BCUT2D eigenvalue weighted by molar-refractivity contribution is 4.27. The van der Waals surface area contributed by atoms with Gasteiger partial charge in [0.1, 0.15) is 13.6 Å². The maximum absolute atomic E-state index is 8.12. The molecule has 0 rings (SSSR count). The molecule has 0 aliphatic rings. The van der Waals surface area contributed by atoms with Crippen molar-refractivity contribution in [2.24, 2.45) is 0 Å². The molecule has 0 atom stereocenters. The van der Waals surface area contributed by atoms with Crippen molar-refractivity contribution >= 4 is 0 Å². The highest BCUT2D eigenvalue weighted by Crippen LogP contribution is 1.86. The lowest BCUT2D eigenvalue weighted by Crippen LogP contribution is -2.01. The molecule has 56 valence electrons. The van der Waals surface area contributed by atoms with E-state index in [1.807, 2.05) is 0 Å². The van der Waals surface area contributed by atoms with Crippen LogP contribution in [0.1, 0.15) is 19.8 Å². The molecule has 0 aromatic heterocycles. The summed E-state index contributed by atoms with van der Waals surface area (Å²) in [7, 11) is 0. The molecule has 0 unspecified atom stereocenters. The second-order valence-electron chi connectivity index (χ2n) is 1.71. The zero-order valence-corrected chi connectivity index (χ0v) is 5.80. The quantitative estimate of drug-likeness (QED) is 0.430. The van der Waals surface area contributed by atoms with Crippen LogP contribution in [0.4, 0.5) is 0 Å². The van der Waals surface area contributed by atoms with Gasteiger partial charge in [0.15, 0.2) is 0 Å². The van der Waals surface area contributed by atoms with E-state index in [0.717, 1.165) is 19.4 Å². The minimum atomic E-state index is -0.258. The first-order valence-electron chi connectivity index (χ1n) is 3.18. The van der Waals surface area contributed by atoms with Gasteiger partial charge in [0, 0.05) is 6.61 Å². The fourth-order valence-corrected chi connectivity index (χ4v) is 0.402. The second-order valence-corrected chi connectivity index (χ2v) is 1.71. The van der Waals surface area contributed by atoms with Crippen molar-refractivity contribution in [1.29, 1.82) is 0 Å². The normalized spacial score (nSPS) is 10.0. The molecule has 0 aliphatic heterocycles. The Kier molecular flexibility index (Phi) is 7.77. The van der Waals surface area contributed by atoms with Gasteiger partial charge in [-0.3, -0.25) is 0 Å². The van der Waals surface area contributed by atoms with E-state index in [1.54, 1.807) is 0 Å². The molecular weight excluding hydrogens is 120 g/mol. The predicted octanol–water partition coefficient (Wildman–Crippen LogP) is 0.727. The monoisotopic (exact) mass is 134 g/mol. The molecule has 0 saturated carbocycles. The average molecular weight is 134 g/mol. The molecule has 0 saturated heterocycles. The maximum Gasteiger partial charge on any atom is 0.149 e. The number of aliphatic hydroxyl groups is 1. The lowest BCUT2D eigenvalue weighted by Gasteiger charge is -2.00. The van der Waals surface area contributed by atoms with Crippen LogP contribution in [0.25, 0.3) is 0 Å². The molecule has 3 nitrogen and oxygen atoms in total. The van der Waals surface area contributed by atoms with Gasteiger partial charge in [0.25, 0.3) is 0 Å². The van der Waals surface area contributed by atoms with Crippen LogP contribution in [0.5, 0.6) is 0 Å². The van der Waals surface area contributed by atoms with Crippen molar-refractivity contribution in [1.82, 2.24) is 0 Å². The third-order valence-corrected chi connectivity index (χ3v) is 0.900. The summed E-state index contributed by atoms with van der Waals surface area (Å²) < 4.78 is 9.45. The molecule has 0 aliphatic carbocycles. The Bertz CT molecular complexity index is 41.6. The van der Waals surface area contributed by atoms with Crippen LogP contribution in [0.2, 0.25) is 0 Å². The Morgan fingerprint density at radius 2 is 2.11 bits per heavy atom. The number of hydrogen-bond acceptors (Lipinski definition) is 3. The van der Waals surface area contributed by atoms with Crippen LogP contribution in [-0.4, -0.2) is 25.3 Å². The molecule has 1 N–H and O–H groups in total. The Balaban J connectivity index is 2.60. The third-order valence-electron chi connectivity index (χ3n) is 0.900. The predicted molar refractivity (Wildman–Crippen MR) is 33.9 cm³/mol. The summed E-state index contributed by atoms with van der Waals surface area (Å²) in [5.74, 6) is 0. The Morgan fingerprint density at radius 3 is 2.67 bits per heavy atom. The summed E-state index contributed by atoms with van der Waals surface area (Å²) in [6.07, 6.45) is 2.17. The first kappa shape index (κ1) is 8.88. The van der Waals surface area contributed by atoms with E-state index < -0.39 is 0 Å². The lowest BCUT2D eigenvalue weighted by molar-refractivity contribution is -0.108. The van der Waals surface area contributed by atoms with Crippen molar-refractivity contribution in [3.63, 3.8) is 0 Å². The van der Waals surface area contributed by atoms with E-state index >= 15 is 0 Å². The lowest BCUT2D eigenvalue weighted by atomic mass is 10.4. The summed E-state index contributed by atoms with van der Waals surface area (Å²) in [5, 5.41) is 8.12. The Morgan fingerprint density at radius 1 is 1.33 bits per heavy atom. The van der Waals surface area contributed by atoms with Crippen LogP contribution < -0.4 is 0 Å². The molecule has 9 heavy (non-hydrogen) atoms. The number of aliphatic hydroxyl groups excluding tert-OH is 1. The molecule has 0 aromatic carbocycles. The molecule has 0 aromatic rings. The fraction of sp³-hybridized carbons (Fsp3) is 1.00. The molecule has 0 bridgehead atoms. The van der Waals surface area contributed by atoms with Crippen LogP contribution in [0.15, 0.2) is 0 Å². The highest BCUT2D eigenvalue weighted by Gasteiger charge is 1.84. The molecule has 0 heterocycles. The number of ether oxygens (including phenoxy) is 2. The largest absolute Gasteiger partial charge is 0.371 e. The van der Waals surface area contributed by atoms with Crippen molar-refractivity contribution in [2.45, 2.75) is 19.8 Å². The van der Waals surface area contributed by atoms with Crippen LogP contribution in [0.3, 0.4) is 0 Å². The molecule has 0 fully saturated rings. The molecular formula is C6H14O3. The second kappa shape index (κ2) is 7.88. The summed E-state index contributed by atoms with van der Waals surface area (Å²) >= 11 is 0. The summed E-state index contributed by atoms with van der Waals surface area (Å²) in [6, 6.07) is 0. The van der Waals surface area contributed by atoms with E-state index in [2.05, 4.69) is 11.7 Å². The van der Waals surface area contributed by atoms with Gasteiger partial charge in [0.2, 0.25) is 0 Å². The van der Waals surface area contributed by atoms with Gasteiger partial charge in [-0.1, -0.05) is 13.3 Å². The molecule has 3 heteroatoms. The van der Waals surface area contributed by atoms with E-state index in [1.165, 1.54) is 0 Å². The standard InChI is InChI=1S/C6H14O3/c1-2-3-4-8-6-9-5-7/h7H,2-6H2,1H3. The van der Waals surface area contributed by atoms with E-state index in [-0.39, 0.29) is 13.6 Å². The van der Waals surface area contributed by atoms with Crippen LogP contribution in [-0.2, 0) is 9.47 Å². The smallest absolute Gasteiger partial charge is 0.149 e. The molecule has 0 spiro atoms. The van der Waals surface area contributed by atoms with Crippen molar-refractivity contribution in [3.8, 4) is 0 Å². The SMILES string of the molecule is CCCCOCOCO. The fourth-order valence-electron chi connectivity index (χ4n) is 0.402. The summed E-state index contributed by atoms with van der Waals surface area (Å²) in [5.41, 5.74) is 0. The van der Waals surface area contributed by atoms with Gasteiger partial charge in [0.05, 0.1) is 0 Å². The number of hydrogen-bond donors (Lipinski definition) is 1. The van der Waals surface area contributed by atoms with Gasteiger partial charge < -0.3 is 14.6 Å². The van der Waals surface area contributed by atoms with E-state index in [4.69, 9.17) is 9.84 Å². The van der Waals surface area contributed by atoms with Crippen molar-refractivity contribution in [2.75, 3.05) is 20.2 Å². The topological polar surface area (TPSA) is 38.7 Å². The van der Waals surface area contributed by atoms with Gasteiger partial charge in [-0.15, -0.1) is 0 Å². The average Bonchev–Trinajstić information content (AvgIpc) is 1.89. The van der Waals surface area contributed by atoms with Crippen LogP contribution >= 0.6 is 0 Å². The number of unbranched alkanes of at least 4 members (excludes halogenated alkanes) is 1. The van der Waals surface area contributed by atoms with E-state index in [0.29, 0.717) is 0 Å². The maximum atomic E-state index is 8.12. The van der Waals surface area contributed by atoms with E-state index in [9.17, 15) is 0 Å². The van der Waals surface area contributed by atoms with Gasteiger partial charge in [-0.05, 0) is 6.42 Å². The summed E-state index contributed by atoms with van der Waals surface area (Å²) in [6.45, 7) is 2.76. The Hall–Kier alpha value is -0.120. The minimum Gasteiger partial charge on any atom is -0.371 e. The zero-order valence-electron chi connectivity index (χ0n) is 5.80. The van der Waals surface area contributed by atoms with Gasteiger partial charge in [-0.25, -0.2) is 0 Å². The summed E-state index contributed by atoms with van der Waals surface area (Å²) in [4.78, 5) is 0. The minimum absolute atomic E-state index is 0.205. The van der Waals surface area contributed by atoms with Crippen molar-refractivity contribution < 1.29 is 14.6 Å². The van der Waals surface area contributed by atoms with Gasteiger partial charge in [-0.2, -0.15) is 0 Å². The van der Waals surface area contributed by atoms with Crippen molar-refractivity contribution in [3.05, 3.63) is 0 Å². The molecule has 0 amide bonds. The first-order chi connectivity index (χ1) is 4.41. The number of rotatable bonds is 6. The molecule has 0 radical (unpaired) electrons. The Labute approximate surface area is 55.6 Å². The van der Waals surface area contributed by atoms with Gasteiger partial charge >= 0.3 is 0 Å². The third kappa shape index (κ3) is 7.88. The van der Waals surface area contributed by atoms with Crippen LogP contribution in [0, 0.1) is 0 Å².